The first-order valence-corrected chi connectivity index (χ1v) is 11.2. The monoisotopic (exact) mass is 364 g/mol. The maximum absolute atomic E-state index is 2.71. The van der Waals surface area contributed by atoms with Gasteiger partial charge >= 0.3 is 0 Å². The fourth-order valence-corrected chi connectivity index (χ4v) is 5.43. The van der Waals surface area contributed by atoms with Gasteiger partial charge in [0.15, 0.2) is 0 Å². The summed E-state index contributed by atoms with van der Waals surface area (Å²) < 4.78 is 0. The molecule has 2 heteroatoms. The second kappa shape index (κ2) is 8.65. The maximum Gasteiger partial charge on any atom is 0.0443 e. The Bertz CT molecular complexity index is 692. The van der Waals surface area contributed by atoms with Crippen molar-refractivity contribution in [1.82, 2.24) is 4.90 Å². The number of likely N-dealkylation sites (tertiary alicyclic amines) is 1. The van der Waals surface area contributed by atoms with Crippen LogP contribution < -0.4 is 4.90 Å². The predicted molar refractivity (Wildman–Crippen MR) is 116 cm³/mol. The van der Waals surface area contributed by atoms with Crippen LogP contribution in [-0.4, -0.2) is 31.1 Å². The second-order valence-electron chi connectivity index (χ2n) is 9.09. The van der Waals surface area contributed by atoms with E-state index in [0.717, 1.165) is 18.4 Å². The standard InChI is InChI=1S/C25H36N2/c1-20-17-21(2)19-26(18-20)15-7-8-16-27-24-11-5-3-9-22(24)13-14-23-10-4-6-12-25(23)27/h3,5,9-12,20-21H,4,6-8,13-19H2,1-2H3. The van der Waals surface area contributed by atoms with Gasteiger partial charge in [0.25, 0.3) is 0 Å². The lowest BCUT2D eigenvalue weighted by Crippen LogP contribution is -2.39. The summed E-state index contributed by atoms with van der Waals surface area (Å²) in [4.78, 5) is 5.34. The second-order valence-corrected chi connectivity index (χ2v) is 9.09. The Morgan fingerprint density at radius 2 is 1.63 bits per heavy atom. The highest BCUT2D eigenvalue weighted by Gasteiger charge is 2.24. The van der Waals surface area contributed by atoms with Gasteiger partial charge in [-0.2, -0.15) is 0 Å². The highest BCUT2D eigenvalue weighted by molar-refractivity contribution is 5.64. The molecule has 2 unspecified atom stereocenters. The molecule has 2 aliphatic heterocycles. The maximum atomic E-state index is 2.71. The Morgan fingerprint density at radius 1 is 0.889 bits per heavy atom. The minimum Gasteiger partial charge on any atom is -0.341 e. The minimum atomic E-state index is 0.867. The van der Waals surface area contributed by atoms with Crippen LogP contribution in [0.25, 0.3) is 0 Å². The lowest BCUT2D eigenvalue weighted by atomic mass is 9.92. The normalized spacial score (nSPS) is 25.9. The smallest absolute Gasteiger partial charge is 0.0443 e. The van der Waals surface area contributed by atoms with Crippen LogP contribution in [0.2, 0.25) is 0 Å². The van der Waals surface area contributed by atoms with Gasteiger partial charge < -0.3 is 9.80 Å². The van der Waals surface area contributed by atoms with Crippen molar-refractivity contribution in [2.75, 3.05) is 31.1 Å². The molecule has 1 aromatic rings. The molecule has 0 aromatic heterocycles. The molecular formula is C25H36N2. The number of para-hydroxylation sites is 1. The van der Waals surface area contributed by atoms with Crippen LogP contribution in [0, 0.1) is 11.8 Å². The van der Waals surface area contributed by atoms with Gasteiger partial charge in [-0.05, 0) is 80.5 Å². The minimum absolute atomic E-state index is 0.867. The van der Waals surface area contributed by atoms with Gasteiger partial charge in [0.2, 0.25) is 0 Å². The van der Waals surface area contributed by atoms with Gasteiger partial charge in [-0.1, -0.05) is 44.2 Å². The summed E-state index contributed by atoms with van der Waals surface area (Å²) in [6.45, 7) is 9.86. The van der Waals surface area contributed by atoms with Crippen molar-refractivity contribution >= 4 is 5.69 Å². The number of anilines is 1. The van der Waals surface area contributed by atoms with Crippen molar-refractivity contribution in [1.29, 1.82) is 0 Å². The Kier molecular flexibility index (Phi) is 6.02. The SMILES string of the molecule is CC1CC(C)CN(CCCCN2C3=CCCC=C3CCc3ccccc32)C1. The van der Waals surface area contributed by atoms with E-state index in [-0.39, 0.29) is 0 Å². The van der Waals surface area contributed by atoms with E-state index in [1.165, 1.54) is 81.5 Å². The van der Waals surface area contributed by atoms with Gasteiger partial charge in [0.1, 0.15) is 0 Å². The van der Waals surface area contributed by atoms with Crippen molar-refractivity contribution in [3.05, 3.63) is 53.3 Å². The molecule has 1 aliphatic carbocycles. The van der Waals surface area contributed by atoms with E-state index in [4.69, 9.17) is 0 Å². The van der Waals surface area contributed by atoms with Crippen LogP contribution in [0.1, 0.15) is 57.9 Å². The summed E-state index contributed by atoms with van der Waals surface area (Å²) in [7, 11) is 0. The topological polar surface area (TPSA) is 6.48 Å². The first kappa shape index (κ1) is 18.8. The molecule has 0 amide bonds. The summed E-state index contributed by atoms with van der Waals surface area (Å²) in [6.07, 6.45) is 13.8. The molecule has 3 aliphatic rings. The van der Waals surface area contributed by atoms with Crippen molar-refractivity contribution in [3.63, 3.8) is 0 Å². The van der Waals surface area contributed by atoms with Gasteiger partial charge in [0, 0.05) is 31.0 Å². The van der Waals surface area contributed by atoms with Crippen molar-refractivity contribution in [2.24, 2.45) is 11.8 Å². The summed E-state index contributed by atoms with van der Waals surface area (Å²) in [5, 5.41) is 0. The number of hydrogen-bond donors (Lipinski definition) is 0. The van der Waals surface area contributed by atoms with Crippen molar-refractivity contribution in [3.8, 4) is 0 Å². The van der Waals surface area contributed by atoms with Gasteiger partial charge in [0.05, 0.1) is 0 Å². The third-order valence-corrected chi connectivity index (χ3v) is 6.51. The number of benzene rings is 1. The molecule has 1 fully saturated rings. The predicted octanol–water partition coefficient (Wildman–Crippen LogP) is 5.80. The van der Waals surface area contributed by atoms with E-state index in [9.17, 15) is 0 Å². The van der Waals surface area contributed by atoms with E-state index in [1.807, 2.05) is 0 Å². The van der Waals surface area contributed by atoms with E-state index < -0.39 is 0 Å². The molecule has 2 heterocycles. The average Bonchev–Trinajstić information content (AvgIpc) is 2.82. The summed E-state index contributed by atoms with van der Waals surface area (Å²) in [6, 6.07) is 9.08. The van der Waals surface area contributed by atoms with E-state index in [2.05, 4.69) is 60.1 Å². The van der Waals surface area contributed by atoms with Crippen molar-refractivity contribution in [2.45, 2.75) is 58.8 Å². The van der Waals surface area contributed by atoms with E-state index in [0.29, 0.717) is 0 Å². The molecule has 0 saturated carbocycles. The largest absolute Gasteiger partial charge is 0.341 e. The Balaban J connectivity index is 1.40. The molecule has 0 spiro atoms. The molecule has 0 N–H and O–H groups in total. The first-order valence-electron chi connectivity index (χ1n) is 11.2. The third-order valence-electron chi connectivity index (χ3n) is 6.51. The van der Waals surface area contributed by atoms with Crippen LogP contribution in [-0.2, 0) is 6.42 Å². The molecule has 0 radical (unpaired) electrons. The van der Waals surface area contributed by atoms with Crippen LogP contribution in [0.15, 0.2) is 47.7 Å². The molecule has 2 atom stereocenters. The highest BCUT2D eigenvalue weighted by atomic mass is 15.2. The molecule has 0 bridgehead atoms. The molecule has 1 saturated heterocycles. The number of rotatable bonds is 5. The van der Waals surface area contributed by atoms with Crippen molar-refractivity contribution < 1.29 is 0 Å². The van der Waals surface area contributed by atoms with Crippen LogP contribution in [0.5, 0.6) is 0 Å². The zero-order chi connectivity index (χ0) is 18.6. The quantitative estimate of drug-likeness (QED) is 0.609. The third kappa shape index (κ3) is 4.48. The Hall–Kier alpha value is -1.54. The zero-order valence-corrected chi connectivity index (χ0v) is 17.3. The number of piperidine rings is 1. The van der Waals surface area contributed by atoms with E-state index >= 15 is 0 Å². The van der Waals surface area contributed by atoms with Crippen LogP contribution in [0.4, 0.5) is 5.69 Å². The molecule has 146 valence electrons. The number of unbranched alkanes of at least 4 members (excludes halogenated alkanes) is 1. The van der Waals surface area contributed by atoms with Gasteiger partial charge in [-0.15, -0.1) is 0 Å². The number of nitrogens with zero attached hydrogens (tertiary/aromatic N) is 2. The lowest BCUT2D eigenvalue weighted by molar-refractivity contribution is 0.139. The summed E-state index contributed by atoms with van der Waals surface area (Å²) in [5.41, 5.74) is 6.06. The van der Waals surface area contributed by atoms with Crippen LogP contribution >= 0.6 is 0 Å². The fraction of sp³-hybridized carbons (Fsp3) is 0.600. The van der Waals surface area contributed by atoms with E-state index in [1.54, 1.807) is 5.57 Å². The lowest BCUT2D eigenvalue weighted by Gasteiger charge is -2.35. The number of hydrogen-bond acceptors (Lipinski definition) is 2. The number of aryl methyl sites for hydroxylation is 1. The van der Waals surface area contributed by atoms with Gasteiger partial charge in [-0.25, -0.2) is 0 Å². The molecule has 2 nitrogen and oxygen atoms in total. The summed E-state index contributed by atoms with van der Waals surface area (Å²) in [5.74, 6) is 1.73. The highest BCUT2D eigenvalue weighted by Crippen LogP contribution is 2.36. The molecule has 1 aromatic carbocycles. The van der Waals surface area contributed by atoms with Gasteiger partial charge in [-0.3, -0.25) is 0 Å². The van der Waals surface area contributed by atoms with Crippen LogP contribution in [0.3, 0.4) is 0 Å². The first-order chi connectivity index (χ1) is 13.2. The summed E-state index contributed by atoms with van der Waals surface area (Å²) >= 11 is 0. The Morgan fingerprint density at radius 3 is 2.48 bits per heavy atom. The average molecular weight is 365 g/mol. The zero-order valence-electron chi connectivity index (χ0n) is 17.3. The molecular weight excluding hydrogens is 328 g/mol. The number of fused-ring (bicyclic) bond motifs is 2. The Labute approximate surface area is 165 Å². The fourth-order valence-electron chi connectivity index (χ4n) is 5.43. The molecule has 27 heavy (non-hydrogen) atoms. The number of allylic oxidation sites excluding steroid dienone is 3. The molecule has 4 rings (SSSR count).